The van der Waals surface area contributed by atoms with E-state index in [9.17, 15) is 9.59 Å². The molecule has 1 aliphatic rings. The first-order valence-electron chi connectivity index (χ1n) is 6.57. The Hall–Kier alpha value is -2.88. The molecule has 4 heteroatoms. The summed E-state index contributed by atoms with van der Waals surface area (Å²) in [5.41, 5.74) is 5.24. The van der Waals surface area contributed by atoms with E-state index >= 15 is 0 Å². The topological polar surface area (TPSA) is 66.4 Å². The van der Waals surface area contributed by atoms with E-state index in [1.807, 2.05) is 36.4 Å². The molecule has 0 atom stereocenters. The fourth-order valence-electron chi connectivity index (χ4n) is 2.61. The summed E-state index contributed by atoms with van der Waals surface area (Å²) in [6, 6.07) is 13.8. The number of benzene rings is 2. The van der Waals surface area contributed by atoms with Gasteiger partial charge in [0.05, 0.1) is 0 Å². The monoisotopic (exact) mass is 279 g/mol. The summed E-state index contributed by atoms with van der Waals surface area (Å²) >= 11 is 0. The minimum atomic E-state index is -1.14. The number of anilines is 1. The Morgan fingerprint density at radius 2 is 1.76 bits per heavy atom. The van der Waals surface area contributed by atoms with Crippen LogP contribution in [0.2, 0.25) is 0 Å². The Kier molecular flexibility index (Phi) is 3.28. The van der Waals surface area contributed by atoms with Crippen molar-refractivity contribution in [2.24, 2.45) is 0 Å². The van der Waals surface area contributed by atoms with Gasteiger partial charge in [-0.15, -0.1) is 0 Å². The first-order chi connectivity index (χ1) is 10.1. The lowest BCUT2D eigenvalue weighted by Gasteiger charge is -2.09. The van der Waals surface area contributed by atoms with E-state index in [1.54, 1.807) is 0 Å². The zero-order valence-electron chi connectivity index (χ0n) is 11.2. The van der Waals surface area contributed by atoms with E-state index in [0.717, 1.165) is 35.3 Å². The van der Waals surface area contributed by atoms with Crippen molar-refractivity contribution in [3.05, 3.63) is 65.7 Å². The van der Waals surface area contributed by atoms with E-state index in [2.05, 4.69) is 11.4 Å². The highest BCUT2D eigenvalue weighted by atomic mass is 16.4. The van der Waals surface area contributed by atoms with Gasteiger partial charge in [0.25, 0.3) is 0 Å². The molecule has 2 aromatic rings. The van der Waals surface area contributed by atoms with Crippen molar-refractivity contribution in [2.45, 2.75) is 6.42 Å². The second-order valence-electron chi connectivity index (χ2n) is 4.83. The van der Waals surface area contributed by atoms with Crippen molar-refractivity contribution in [1.29, 1.82) is 0 Å². The largest absolute Gasteiger partial charge is 0.478 e. The minimum Gasteiger partial charge on any atom is -0.478 e. The number of amides is 1. The molecule has 0 heterocycles. The highest BCUT2D eigenvalue weighted by molar-refractivity contribution is 6.05. The molecule has 0 aliphatic heterocycles. The van der Waals surface area contributed by atoms with Gasteiger partial charge in [-0.2, -0.15) is 0 Å². The fourth-order valence-corrected chi connectivity index (χ4v) is 2.61. The molecule has 0 unspecified atom stereocenters. The van der Waals surface area contributed by atoms with Gasteiger partial charge in [0.15, 0.2) is 0 Å². The van der Waals surface area contributed by atoms with Crippen LogP contribution in [-0.2, 0) is 16.0 Å². The van der Waals surface area contributed by atoms with Crippen molar-refractivity contribution in [3.63, 3.8) is 0 Å². The zero-order valence-corrected chi connectivity index (χ0v) is 11.2. The highest BCUT2D eigenvalue weighted by Crippen LogP contribution is 2.41. The van der Waals surface area contributed by atoms with E-state index in [1.165, 1.54) is 5.56 Å². The second kappa shape index (κ2) is 5.25. The van der Waals surface area contributed by atoms with Crippen LogP contribution < -0.4 is 5.32 Å². The number of carbonyl (C=O) groups excluding carboxylic acids is 1. The van der Waals surface area contributed by atoms with Crippen LogP contribution in [0.5, 0.6) is 0 Å². The lowest BCUT2D eigenvalue weighted by atomic mass is 10.0. The van der Waals surface area contributed by atoms with Crippen LogP contribution in [0.4, 0.5) is 5.69 Å². The molecule has 21 heavy (non-hydrogen) atoms. The molecule has 0 saturated heterocycles. The maximum Gasteiger partial charge on any atom is 0.328 e. The number of fused-ring (bicyclic) bond motifs is 3. The number of hydrogen-bond donors (Lipinski definition) is 2. The molecule has 4 nitrogen and oxygen atoms in total. The predicted molar refractivity (Wildman–Crippen MR) is 80.1 cm³/mol. The lowest BCUT2D eigenvalue weighted by molar-refractivity contribution is -0.131. The molecule has 1 amide bonds. The number of aliphatic carboxylic acids is 1. The van der Waals surface area contributed by atoms with Crippen LogP contribution in [0.1, 0.15) is 11.1 Å². The average Bonchev–Trinajstić information content (AvgIpc) is 2.84. The van der Waals surface area contributed by atoms with Crippen molar-refractivity contribution in [2.75, 3.05) is 5.32 Å². The van der Waals surface area contributed by atoms with Crippen molar-refractivity contribution >= 4 is 17.6 Å². The molecular weight excluding hydrogens is 266 g/mol. The van der Waals surface area contributed by atoms with Crippen molar-refractivity contribution in [3.8, 4) is 11.1 Å². The van der Waals surface area contributed by atoms with Crippen molar-refractivity contribution < 1.29 is 14.7 Å². The first kappa shape index (κ1) is 13.1. The Morgan fingerprint density at radius 3 is 2.57 bits per heavy atom. The molecule has 0 aromatic heterocycles. The van der Waals surface area contributed by atoms with E-state index in [0.29, 0.717) is 5.69 Å². The maximum atomic E-state index is 11.8. The Labute approximate surface area is 121 Å². The molecule has 104 valence electrons. The molecule has 0 radical (unpaired) electrons. The van der Waals surface area contributed by atoms with E-state index in [4.69, 9.17) is 5.11 Å². The second-order valence-corrected chi connectivity index (χ2v) is 4.83. The van der Waals surface area contributed by atoms with Gasteiger partial charge < -0.3 is 10.4 Å². The summed E-state index contributed by atoms with van der Waals surface area (Å²) in [5.74, 6) is -1.59. The number of nitrogens with one attached hydrogen (secondary N) is 1. The third-order valence-electron chi connectivity index (χ3n) is 3.45. The smallest absolute Gasteiger partial charge is 0.328 e. The summed E-state index contributed by atoms with van der Waals surface area (Å²) in [5, 5.41) is 11.3. The van der Waals surface area contributed by atoms with E-state index in [-0.39, 0.29) is 0 Å². The molecule has 3 rings (SSSR count). The number of hydrogen-bond acceptors (Lipinski definition) is 2. The average molecular weight is 279 g/mol. The third-order valence-corrected chi connectivity index (χ3v) is 3.45. The number of rotatable bonds is 3. The van der Waals surface area contributed by atoms with Crippen LogP contribution in [0.3, 0.4) is 0 Å². The zero-order chi connectivity index (χ0) is 14.8. The summed E-state index contributed by atoms with van der Waals surface area (Å²) in [4.78, 5) is 22.2. The van der Waals surface area contributed by atoms with Gasteiger partial charge in [-0.05, 0) is 29.2 Å². The quantitative estimate of drug-likeness (QED) is 0.724. The van der Waals surface area contributed by atoms with Gasteiger partial charge in [-0.25, -0.2) is 4.79 Å². The van der Waals surface area contributed by atoms with Crippen molar-refractivity contribution in [1.82, 2.24) is 0 Å². The molecule has 0 fully saturated rings. The van der Waals surface area contributed by atoms with Crippen LogP contribution in [-0.4, -0.2) is 17.0 Å². The standard InChI is InChI=1S/C17H13NO3/c19-15(8-9-16(20)21)18-14-7-3-5-12-10-11-4-1-2-6-13(11)17(12)14/h1-9H,10H2,(H,18,19)(H,20,21)/b9-8-. The highest BCUT2D eigenvalue weighted by Gasteiger charge is 2.21. The molecule has 2 N–H and O–H groups in total. The summed E-state index contributed by atoms with van der Waals surface area (Å²) < 4.78 is 0. The minimum absolute atomic E-state index is 0.449. The SMILES string of the molecule is O=C(O)/C=C\C(=O)Nc1cccc2c1-c1ccccc1C2. The van der Waals surface area contributed by atoms with Gasteiger partial charge in [-0.1, -0.05) is 36.4 Å². The van der Waals surface area contributed by atoms with Gasteiger partial charge >= 0.3 is 5.97 Å². The van der Waals surface area contributed by atoms with Gasteiger partial charge in [0.1, 0.15) is 0 Å². The molecule has 0 bridgehead atoms. The normalized spacial score (nSPS) is 12.0. The first-order valence-corrected chi connectivity index (χ1v) is 6.57. The molecule has 2 aromatic carbocycles. The number of carboxylic acids is 1. The van der Waals surface area contributed by atoms with Crippen LogP contribution >= 0.6 is 0 Å². The van der Waals surface area contributed by atoms with Gasteiger partial charge in [0, 0.05) is 23.4 Å². The van der Waals surface area contributed by atoms with E-state index < -0.39 is 11.9 Å². The summed E-state index contributed by atoms with van der Waals surface area (Å²) in [7, 11) is 0. The maximum absolute atomic E-state index is 11.8. The Balaban J connectivity index is 1.95. The summed E-state index contributed by atoms with van der Waals surface area (Å²) in [6.45, 7) is 0. The molecule has 0 saturated carbocycles. The van der Waals surface area contributed by atoms with Crippen LogP contribution in [0.25, 0.3) is 11.1 Å². The lowest BCUT2D eigenvalue weighted by Crippen LogP contribution is -2.09. The number of carboxylic acid groups (broad SMARTS) is 1. The van der Waals surface area contributed by atoms with Gasteiger partial charge in [-0.3, -0.25) is 4.79 Å². The predicted octanol–water partition coefficient (Wildman–Crippen LogP) is 2.84. The van der Waals surface area contributed by atoms with Crippen LogP contribution in [0, 0.1) is 0 Å². The molecule has 0 spiro atoms. The summed E-state index contributed by atoms with van der Waals surface area (Å²) in [6.07, 6.45) is 2.69. The van der Waals surface area contributed by atoms with Gasteiger partial charge in [0.2, 0.25) is 5.91 Å². The Bertz CT molecular complexity index is 762. The Morgan fingerprint density at radius 1 is 1.00 bits per heavy atom. The fraction of sp³-hybridized carbons (Fsp3) is 0.0588. The molecular formula is C17H13NO3. The number of carbonyl (C=O) groups is 2. The third kappa shape index (κ3) is 2.56. The van der Waals surface area contributed by atoms with Crippen LogP contribution in [0.15, 0.2) is 54.6 Å². The molecule has 1 aliphatic carbocycles.